The van der Waals surface area contributed by atoms with E-state index in [4.69, 9.17) is 20.3 Å². The van der Waals surface area contributed by atoms with Gasteiger partial charge in [-0.05, 0) is 36.4 Å². The number of benzene rings is 2. The van der Waals surface area contributed by atoms with Crippen molar-refractivity contribution in [1.82, 2.24) is 9.97 Å². The van der Waals surface area contributed by atoms with Gasteiger partial charge in [-0.2, -0.15) is 0 Å². The maximum absolute atomic E-state index is 5.73. The van der Waals surface area contributed by atoms with Crippen LogP contribution in [0.1, 0.15) is 11.8 Å². The molecule has 0 bridgehead atoms. The maximum atomic E-state index is 5.73. The lowest BCUT2D eigenvalue weighted by molar-refractivity contribution is 0.488. The number of rotatable bonds is 2. The standard InChI is InChI=1S/C15H12N4O2/c16-8-1-3-12-10(5-8)18-14(20-12)7-15-19-11-6-9(17)2-4-13(11)21-15/h1-6H,7,16-17H2. The maximum Gasteiger partial charge on any atom is 0.204 e. The summed E-state index contributed by atoms with van der Waals surface area (Å²) in [5, 5.41) is 0. The van der Waals surface area contributed by atoms with Gasteiger partial charge in [0.05, 0.1) is 0 Å². The lowest BCUT2D eigenvalue weighted by Gasteiger charge is -1.88. The second-order valence-corrected chi connectivity index (χ2v) is 4.85. The number of aromatic nitrogens is 2. The molecule has 4 aromatic rings. The van der Waals surface area contributed by atoms with Crippen LogP contribution in [0.3, 0.4) is 0 Å². The van der Waals surface area contributed by atoms with Crippen LogP contribution in [0.25, 0.3) is 22.2 Å². The van der Waals surface area contributed by atoms with Gasteiger partial charge >= 0.3 is 0 Å². The van der Waals surface area contributed by atoms with Gasteiger partial charge in [-0.25, -0.2) is 9.97 Å². The molecule has 0 aliphatic carbocycles. The number of nitrogens with zero attached hydrogens (tertiary/aromatic N) is 2. The summed E-state index contributed by atoms with van der Waals surface area (Å²) in [6.07, 6.45) is 0.378. The average Bonchev–Trinajstić information content (AvgIpc) is 3.00. The summed E-state index contributed by atoms with van der Waals surface area (Å²) in [5.41, 5.74) is 15.6. The summed E-state index contributed by atoms with van der Waals surface area (Å²) in [7, 11) is 0. The smallest absolute Gasteiger partial charge is 0.204 e. The van der Waals surface area contributed by atoms with E-state index < -0.39 is 0 Å². The van der Waals surface area contributed by atoms with Crippen molar-refractivity contribution >= 4 is 33.6 Å². The van der Waals surface area contributed by atoms with Gasteiger partial charge in [0.2, 0.25) is 11.8 Å². The monoisotopic (exact) mass is 280 g/mol. The van der Waals surface area contributed by atoms with Crippen LogP contribution in [0.4, 0.5) is 11.4 Å². The van der Waals surface area contributed by atoms with E-state index in [-0.39, 0.29) is 0 Å². The first kappa shape index (κ1) is 11.8. The zero-order valence-corrected chi connectivity index (χ0v) is 11.0. The molecule has 0 saturated heterocycles. The van der Waals surface area contributed by atoms with Gasteiger partial charge in [-0.1, -0.05) is 0 Å². The average molecular weight is 280 g/mol. The van der Waals surface area contributed by atoms with E-state index in [1.807, 2.05) is 0 Å². The summed E-state index contributed by atoms with van der Waals surface area (Å²) < 4.78 is 11.3. The Balaban J connectivity index is 1.71. The summed E-state index contributed by atoms with van der Waals surface area (Å²) in [4.78, 5) is 8.77. The van der Waals surface area contributed by atoms with Crippen molar-refractivity contribution in [3.63, 3.8) is 0 Å². The quantitative estimate of drug-likeness (QED) is 0.547. The van der Waals surface area contributed by atoms with E-state index in [9.17, 15) is 0 Å². The van der Waals surface area contributed by atoms with Crippen molar-refractivity contribution in [2.75, 3.05) is 11.5 Å². The molecule has 0 atom stereocenters. The predicted octanol–water partition coefficient (Wildman–Crippen LogP) is 2.72. The van der Waals surface area contributed by atoms with E-state index in [1.165, 1.54) is 0 Å². The topological polar surface area (TPSA) is 104 Å². The van der Waals surface area contributed by atoms with Crippen molar-refractivity contribution in [2.45, 2.75) is 6.42 Å². The minimum atomic E-state index is 0.378. The van der Waals surface area contributed by atoms with Crippen LogP contribution in [0, 0.1) is 0 Å². The molecule has 6 heteroatoms. The summed E-state index contributed by atoms with van der Waals surface area (Å²) in [6.45, 7) is 0. The van der Waals surface area contributed by atoms with E-state index in [0.717, 1.165) is 11.0 Å². The van der Waals surface area contributed by atoms with Crippen molar-refractivity contribution in [3.05, 3.63) is 48.2 Å². The molecule has 4 N–H and O–H groups in total. The molecule has 0 aliphatic rings. The molecule has 2 aromatic carbocycles. The fraction of sp³-hybridized carbons (Fsp3) is 0.0667. The van der Waals surface area contributed by atoms with Gasteiger partial charge in [0.1, 0.15) is 17.5 Å². The molecule has 0 amide bonds. The third kappa shape index (κ3) is 2.06. The van der Waals surface area contributed by atoms with E-state index in [1.54, 1.807) is 36.4 Å². The SMILES string of the molecule is Nc1ccc2oc(Cc3nc4cc(N)ccc4o3)nc2c1. The summed E-state index contributed by atoms with van der Waals surface area (Å²) >= 11 is 0. The number of hydrogen-bond acceptors (Lipinski definition) is 6. The minimum Gasteiger partial charge on any atom is -0.440 e. The van der Waals surface area contributed by atoms with E-state index in [0.29, 0.717) is 40.7 Å². The molecule has 104 valence electrons. The second kappa shape index (κ2) is 4.24. The Morgan fingerprint density at radius 1 is 0.762 bits per heavy atom. The molecule has 21 heavy (non-hydrogen) atoms. The molecule has 0 spiro atoms. The molecule has 0 aliphatic heterocycles. The largest absolute Gasteiger partial charge is 0.440 e. The number of nitrogens with two attached hydrogens (primary N) is 2. The number of nitrogen functional groups attached to an aromatic ring is 2. The molecular weight excluding hydrogens is 268 g/mol. The molecule has 2 aromatic heterocycles. The van der Waals surface area contributed by atoms with Gasteiger partial charge in [-0.3, -0.25) is 0 Å². The molecule has 4 rings (SSSR count). The first-order chi connectivity index (χ1) is 10.2. The van der Waals surface area contributed by atoms with Crippen molar-refractivity contribution in [2.24, 2.45) is 0 Å². The zero-order chi connectivity index (χ0) is 14.4. The van der Waals surface area contributed by atoms with Crippen LogP contribution in [-0.4, -0.2) is 9.97 Å². The van der Waals surface area contributed by atoms with Gasteiger partial charge < -0.3 is 20.3 Å². The number of anilines is 2. The van der Waals surface area contributed by atoms with E-state index >= 15 is 0 Å². The van der Waals surface area contributed by atoms with Crippen LogP contribution in [0.15, 0.2) is 45.2 Å². The fourth-order valence-electron chi connectivity index (χ4n) is 2.26. The highest BCUT2D eigenvalue weighted by Gasteiger charge is 2.12. The van der Waals surface area contributed by atoms with Gasteiger partial charge in [-0.15, -0.1) is 0 Å². The highest BCUT2D eigenvalue weighted by atomic mass is 16.4. The highest BCUT2D eigenvalue weighted by molar-refractivity contribution is 5.77. The fourth-order valence-corrected chi connectivity index (χ4v) is 2.26. The Kier molecular flexibility index (Phi) is 2.38. The Labute approximate surface area is 119 Å². The van der Waals surface area contributed by atoms with Crippen LogP contribution < -0.4 is 11.5 Å². The third-order valence-electron chi connectivity index (χ3n) is 3.21. The Bertz CT molecular complexity index is 877. The molecule has 6 nitrogen and oxygen atoms in total. The second-order valence-electron chi connectivity index (χ2n) is 4.85. The molecule has 0 fully saturated rings. The lowest BCUT2D eigenvalue weighted by atomic mass is 10.3. The van der Waals surface area contributed by atoms with Crippen molar-refractivity contribution < 1.29 is 8.83 Å². The Morgan fingerprint density at radius 2 is 1.24 bits per heavy atom. The highest BCUT2D eigenvalue weighted by Crippen LogP contribution is 2.22. The van der Waals surface area contributed by atoms with Gasteiger partial charge in [0.25, 0.3) is 0 Å². The zero-order valence-electron chi connectivity index (χ0n) is 11.0. The third-order valence-corrected chi connectivity index (χ3v) is 3.21. The van der Waals surface area contributed by atoms with Crippen molar-refractivity contribution in [3.8, 4) is 0 Å². The van der Waals surface area contributed by atoms with Crippen molar-refractivity contribution in [1.29, 1.82) is 0 Å². The van der Waals surface area contributed by atoms with Crippen LogP contribution >= 0.6 is 0 Å². The summed E-state index contributed by atoms with van der Waals surface area (Å²) in [6, 6.07) is 10.7. The Hall–Kier alpha value is -3.02. The first-order valence-corrected chi connectivity index (χ1v) is 6.47. The first-order valence-electron chi connectivity index (χ1n) is 6.47. The lowest BCUT2D eigenvalue weighted by Crippen LogP contribution is -1.87. The molecule has 0 saturated carbocycles. The Morgan fingerprint density at radius 3 is 1.71 bits per heavy atom. The number of fused-ring (bicyclic) bond motifs is 2. The van der Waals surface area contributed by atoms with Gasteiger partial charge in [0, 0.05) is 11.4 Å². The molecule has 2 heterocycles. The molecular formula is C15H12N4O2. The van der Waals surface area contributed by atoms with Crippen LogP contribution in [-0.2, 0) is 6.42 Å². The molecule has 0 radical (unpaired) electrons. The van der Waals surface area contributed by atoms with Gasteiger partial charge in [0.15, 0.2) is 11.2 Å². The van der Waals surface area contributed by atoms with E-state index in [2.05, 4.69) is 9.97 Å². The minimum absolute atomic E-state index is 0.378. The normalized spacial score (nSPS) is 11.4. The molecule has 0 unspecified atom stereocenters. The summed E-state index contributed by atoms with van der Waals surface area (Å²) in [5.74, 6) is 1.07. The predicted molar refractivity (Wildman–Crippen MR) is 79.6 cm³/mol. The van der Waals surface area contributed by atoms with Crippen LogP contribution in [0.5, 0.6) is 0 Å². The number of oxazole rings is 2. The van der Waals surface area contributed by atoms with Crippen LogP contribution in [0.2, 0.25) is 0 Å². The number of hydrogen-bond donors (Lipinski definition) is 2.